The number of allylic oxidation sites excluding steroid dienone is 3. The van der Waals surface area contributed by atoms with E-state index in [0.717, 1.165) is 134 Å². The molecule has 0 amide bonds. The largest absolute Gasteiger partial charge is 0.569 e. The lowest BCUT2D eigenvalue weighted by Gasteiger charge is -2.17. The number of pyridine rings is 4. The Bertz CT molecular complexity index is 3410. The zero-order valence-corrected chi connectivity index (χ0v) is 59.5. The Morgan fingerprint density at radius 1 is 0.548 bits per heavy atom. The van der Waals surface area contributed by atoms with Crippen LogP contribution in [-0.4, -0.2) is 128 Å². The van der Waals surface area contributed by atoms with Gasteiger partial charge in [-0.3, -0.25) is 39.1 Å². The number of carbonyl (C=O) groups excluding carboxylic acids is 3. The van der Waals surface area contributed by atoms with Crippen molar-refractivity contribution in [3.8, 4) is 16.9 Å². The summed E-state index contributed by atoms with van der Waals surface area (Å²) < 4.78 is 20.6. The molecule has 0 saturated heterocycles. The Kier molecular flexibility index (Phi) is 32.3. The molecule has 4 saturated carbocycles. The number of hydrogen-bond acceptors (Lipinski definition) is 20. The molecular weight excluding hydrogens is 1420 g/mol. The van der Waals surface area contributed by atoms with Crippen LogP contribution in [0.1, 0.15) is 107 Å². The van der Waals surface area contributed by atoms with Gasteiger partial charge >= 0.3 is 31.6 Å². The molecule has 0 bridgehead atoms. The number of thioether (sulfide) groups is 3. The molecule has 1 radical (unpaired) electrons. The summed E-state index contributed by atoms with van der Waals surface area (Å²) in [6, 6.07) is 22.4. The van der Waals surface area contributed by atoms with Crippen LogP contribution in [-0.2, 0) is 46.6 Å². The number of aliphatic hydroxyl groups excluding tert-OH is 3. The molecule has 4 fully saturated rings. The summed E-state index contributed by atoms with van der Waals surface area (Å²) in [4.78, 5) is 64.5. The maximum atomic E-state index is 11.6. The molecule has 5 N–H and O–H groups in total. The van der Waals surface area contributed by atoms with E-state index in [1.54, 1.807) is 103 Å². The average molecular weight is 1490 g/mol. The van der Waals surface area contributed by atoms with Crippen LogP contribution < -0.4 is 4.65 Å². The van der Waals surface area contributed by atoms with E-state index in [4.69, 9.17) is 36.3 Å². The second-order valence-electron chi connectivity index (χ2n) is 23.2. The van der Waals surface area contributed by atoms with Gasteiger partial charge in [0.05, 0.1) is 82.1 Å². The lowest BCUT2D eigenvalue weighted by atomic mass is 9.94. The van der Waals surface area contributed by atoms with Crippen LogP contribution in [0.2, 0.25) is 5.02 Å². The lowest BCUT2D eigenvalue weighted by Crippen LogP contribution is -2.13. The van der Waals surface area contributed by atoms with Gasteiger partial charge in [0.25, 0.3) is 0 Å². The first kappa shape index (κ1) is 76.8. The van der Waals surface area contributed by atoms with Gasteiger partial charge in [-0.2, -0.15) is 12.6 Å². The lowest BCUT2D eigenvalue weighted by molar-refractivity contribution is -0.142. The highest BCUT2D eigenvalue weighted by molar-refractivity contribution is 9.10. The molecule has 497 valence electrons. The highest BCUT2D eigenvalue weighted by Crippen LogP contribution is 2.55. The summed E-state index contributed by atoms with van der Waals surface area (Å²) in [5.41, 5.74) is 7.77. The maximum Gasteiger partial charge on any atom is 0.569 e. The highest BCUT2D eigenvalue weighted by Gasteiger charge is 2.47. The minimum Gasteiger partial charge on any atom is -0.537 e. The van der Waals surface area contributed by atoms with Gasteiger partial charge in [0, 0.05) is 97.1 Å². The van der Waals surface area contributed by atoms with Crippen LogP contribution in [0.25, 0.3) is 16.7 Å². The number of carboxylic acid groups (broad SMARTS) is 1. The second-order valence-corrected chi connectivity index (χ2v) is 28.7. The number of nitrogens with zero attached hydrogens (tertiary/aromatic N) is 4. The average Bonchev–Trinajstić information content (AvgIpc) is 1.75. The fourth-order valence-corrected chi connectivity index (χ4v) is 14.5. The van der Waals surface area contributed by atoms with Gasteiger partial charge in [-0.15, -0.1) is 35.3 Å². The number of aliphatic carboxylic acids is 1. The van der Waals surface area contributed by atoms with E-state index in [0.29, 0.717) is 37.7 Å². The van der Waals surface area contributed by atoms with Crippen molar-refractivity contribution in [3.63, 3.8) is 0 Å². The molecule has 0 aliphatic heterocycles. The van der Waals surface area contributed by atoms with E-state index < -0.39 is 5.97 Å². The van der Waals surface area contributed by atoms with E-state index in [1.165, 1.54) is 36.7 Å². The van der Waals surface area contributed by atoms with E-state index in [1.807, 2.05) is 60.9 Å². The molecule has 0 spiro atoms. The van der Waals surface area contributed by atoms with Crippen molar-refractivity contribution in [2.45, 2.75) is 118 Å². The number of thiol groups is 1. The van der Waals surface area contributed by atoms with Crippen molar-refractivity contribution < 1.29 is 63.5 Å². The highest BCUT2D eigenvalue weighted by atomic mass is 79.9. The third kappa shape index (κ3) is 26.7. The number of carbonyl (C=O) groups is 4. The molecule has 11 rings (SSSR count). The van der Waals surface area contributed by atoms with Crippen molar-refractivity contribution in [1.82, 2.24) is 19.9 Å². The number of ether oxygens (including phenoxy) is 3. The molecule has 17 nitrogen and oxygen atoms in total. The Morgan fingerprint density at radius 3 is 1.38 bits per heavy atom. The zero-order chi connectivity index (χ0) is 67.3. The van der Waals surface area contributed by atoms with Crippen molar-refractivity contribution in [3.05, 3.63) is 171 Å². The fraction of sp³-hybridized carbons (Fsp3) is 0.412. The number of halogens is 3. The van der Waals surface area contributed by atoms with Crippen LogP contribution in [0.4, 0.5) is 0 Å². The van der Waals surface area contributed by atoms with Crippen molar-refractivity contribution in [2.24, 2.45) is 21.7 Å². The Hall–Kier alpha value is -5.25. The summed E-state index contributed by atoms with van der Waals surface area (Å²) in [7, 11) is 4.94. The first-order valence-electron chi connectivity index (χ1n) is 30.0. The zero-order valence-electron chi connectivity index (χ0n) is 52.2. The van der Waals surface area contributed by atoms with Crippen molar-refractivity contribution in [2.75, 3.05) is 50.9 Å². The van der Waals surface area contributed by atoms with Gasteiger partial charge in [0.2, 0.25) is 0 Å². The smallest absolute Gasteiger partial charge is 0.537 e. The number of hydrogen-bond donors (Lipinski definition) is 6. The molecule has 2 aromatic carbocycles. The van der Waals surface area contributed by atoms with Gasteiger partial charge in [-0.1, -0.05) is 60.2 Å². The first-order valence-corrected chi connectivity index (χ1v) is 35.5. The van der Waals surface area contributed by atoms with Crippen LogP contribution in [0.3, 0.4) is 0 Å². The molecule has 25 heteroatoms. The quantitative estimate of drug-likeness (QED) is 0.0102. The summed E-state index contributed by atoms with van der Waals surface area (Å²) >= 11 is 21.8. The van der Waals surface area contributed by atoms with Gasteiger partial charge in [-0.05, 0) is 188 Å². The van der Waals surface area contributed by atoms with E-state index in [9.17, 15) is 29.4 Å². The molecule has 6 aromatic rings. The van der Waals surface area contributed by atoms with E-state index >= 15 is 0 Å². The van der Waals surface area contributed by atoms with E-state index in [-0.39, 0.29) is 65.8 Å². The van der Waals surface area contributed by atoms with Crippen molar-refractivity contribution in [1.29, 1.82) is 0 Å². The van der Waals surface area contributed by atoms with Crippen LogP contribution in [0.5, 0.6) is 5.75 Å². The molecule has 4 aromatic heterocycles. The maximum absolute atomic E-state index is 11.6. The molecule has 5 aliphatic rings. The number of aromatic nitrogens is 4. The van der Waals surface area contributed by atoms with Crippen LogP contribution in [0.15, 0.2) is 164 Å². The fourth-order valence-electron chi connectivity index (χ4n) is 9.23. The predicted octanol–water partition coefficient (Wildman–Crippen LogP) is 14.3. The van der Waals surface area contributed by atoms with Gasteiger partial charge in [0.15, 0.2) is 0 Å². The number of aliphatic hydroxyl groups is 3. The second kappa shape index (κ2) is 39.1. The van der Waals surface area contributed by atoms with Crippen LogP contribution in [0, 0.1) is 21.7 Å². The topological polar surface area (TPSA) is 258 Å². The molecule has 0 unspecified atom stereocenters. The number of rotatable bonds is 25. The number of methoxy groups -OCH3 is 3. The predicted molar refractivity (Wildman–Crippen MR) is 377 cm³/mol. The van der Waals surface area contributed by atoms with E-state index in [2.05, 4.69) is 79.9 Å². The molecule has 93 heavy (non-hydrogen) atoms. The minimum atomic E-state index is -0.699. The monoisotopic (exact) mass is 1490 g/mol. The number of carboxylic acids is 1. The van der Waals surface area contributed by atoms with Gasteiger partial charge in [0.1, 0.15) is 0 Å². The summed E-state index contributed by atoms with van der Waals surface area (Å²) in [5.74, 6) is 3.05. The molecular formula is C68H79BBr2ClN4O13S4. The third-order valence-electron chi connectivity index (χ3n) is 16.1. The van der Waals surface area contributed by atoms with Gasteiger partial charge in [-0.25, -0.2) is 0 Å². The Labute approximate surface area is 585 Å². The summed E-state index contributed by atoms with van der Waals surface area (Å²) in [5, 5.41) is 45.0. The van der Waals surface area contributed by atoms with Crippen molar-refractivity contribution >= 4 is 129 Å². The molecule has 0 atom stereocenters. The standard InChI is InChI=1S/C19H21NO3S.C18H21NO3S.C12H14BrNO2S.C7H8BO3.C7H12O2S.C5H3BrClN/c1-23-18(22)10-19(7-8-19)13-24-17-6-9-20-11-16(17)15-4-2-14(12-21)3-5-15;20-11-13-1-3-14(4-2-13)15-10-19-8-5-16(15)23-12-18(6-7-18)9-17(21)22;1-16-11(15)6-12(3-4-12)8-17-10-2-5-14-7-9(10)13;9-5-6-1-3-7(4-2-6)11-8-10;1-9-6(8)4-7(5-10)2-3-7;6-4-3-8-2-1-5(4)7/h2-6,9,11,21H,7-8,10,12-13H2,1H3;1,3,5,8,10,20H,2,4,6-7,9,11-12H2,(H,21,22);2,5,7H,3-4,6,8H2,1H3;1-4,9-10H,5H2;10H,2-5H2,1H3;1-3H. The number of esters is 3. The molecule has 4 heterocycles. The SMILES string of the molecule is COC(=O)CC1(CS)CC1.COC(=O)CC1(CSc2ccncc2-c2ccc(CO)cc2)CC1.COC(=O)CC1(CSc2ccncc2Br)CC1.Clc1ccncc1Br.O=C(O)CC1(CSc2ccncc2C2=CC=C(CO)CC2)CC1.O[B]Oc1ccc(CO)cc1. The van der Waals surface area contributed by atoms with Crippen LogP contribution >= 0.6 is 91.4 Å². The summed E-state index contributed by atoms with van der Waals surface area (Å²) in [6.45, 7) is 0.185. The first-order chi connectivity index (χ1) is 44.8. The number of benzene rings is 2. The third-order valence-corrected chi connectivity index (χ3v) is 23.1. The molecule has 5 aliphatic carbocycles. The van der Waals surface area contributed by atoms with Gasteiger partial charge < -0.3 is 44.3 Å². The normalized spacial score (nSPS) is 15.7. The summed E-state index contributed by atoms with van der Waals surface area (Å²) in [6.07, 6.45) is 30.6. The Morgan fingerprint density at radius 2 is 0.978 bits per heavy atom. The minimum absolute atomic E-state index is 0.0120. The Balaban J connectivity index is 0.000000185.